The van der Waals surface area contributed by atoms with Crippen LogP contribution in [0.15, 0.2) is 67.3 Å². The van der Waals surface area contributed by atoms with Crippen molar-refractivity contribution >= 4 is 23.4 Å². The molecule has 0 saturated carbocycles. The Morgan fingerprint density at radius 2 is 1.69 bits per heavy atom. The van der Waals surface area contributed by atoms with Crippen molar-refractivity contribution in [2.75, 3.05) is 31.1 Å². The molecule has 13 heteroatoms. The fourth-order valence-corrected chi connectivity index (χ4v) is 7.82. The number of imide groups is 1. The molecule has 8 rings (SSSR count). The summed E-state index contributed by atoms with van der Waals surface area (Å²) in [6.45, 7) is 4.40. The molecule has 3 saturated heterocycles. The van der Waals surface area contributed by atoms with E-state index in [-0.39, 0.29) is 24.3 Å². The van der Waals surface area contributed by atoms with Gasteiger partial charge in [0, 0.05) is 102 Å². The number of fused-ring (bicyclic) bond motifs is 1. The minimum Gasteiger partial charge on any atom is -0.460 e. The minimum atomic E-state index is -0.981. The Morgan fingerprint density at radius 3 is 2.37 bits per heavy atom. The van der Waals surface area contributed by atoms with Crippen molar-refractivity contribution in [1.82, 2.24) is 34.6 Å². The van der Waals surface area contributed by atoms with Crippen molar-refractivity contribution in [3.05, 3.63) is 89.5 Å². The van der Waals surface area contributed by atoms with Crippen LogP contribution in [0.5, 0.6) is 6.01 Å². The van der Waals surface area contributed by atoms with Gasteiger partial charge in [0.2, 0.25) is 11.8 Å². The first-order chi connectivity index (χ1) is 24.7. The first-order valence-corrected chi connectivity index (χ1v) is 17.8. The van der Waals surface area contributed by atoms with Crippen LogP contribution in [0.4, 0.5) is 5.69 Å². The summed E-state index contributed by atoms with van der Waals surface area (Å²) in [5.41, 5.74) is 4.49. The predicted molar refractivity (Wildman–Crippen MR) is 187 cm³/mol. The van der Waals surface area contributed by atoms with Crippen LogP contribution in [0.25, 0.3) is 11.4 Å². The van der Waals surface area contributed by atoms with Gasteiger partial charge in [0.25, 0.3) is 5.91 Å². The van der Waals surface area contributed by atoms with Gasteiger partial charge in [-0.05, 0) is 54.2 Å². The number of benzene rings is 2. The third-order valence-corrected chi connectivity index (χ3v) is 10.9. The van der Waals surface area contributed by atoms with Gasteiger partial charge in [-0.3, -0.25) is 24.6 Å². The molecule has 4 aliphatic rings. The number of aliphatic hydroxyl groups is 1. The average molecular weight is 691 g/mol. The van der Waals surface area contributed by atoms with E-state index >= 15 is 0 Å². The number of likely N-dealkylation sites (tertiary alicyclic amines) is 1. The van der Waals surface area contributed by atoms with Gasteiger partial charge in [-0.2, -0.15) is 0 Å². The summed E-state index contributed by atoms with van der Waals surface area (Å²) in [6, 6.07) is 14.1. The molecule has 2 N–H and O–H groups in total. The second-order valence-corrected chi connectivity index (χ2v) is 14.2. The second kappa shape index (κ2) is 13.5. The molecular weight excluding hydrogens is 648 g/mol. The van der Waals surface area contributed by atoms with Gasteiger partial charge in [0.1, 0.15) is 18.0 Å². The van der Waals surface area contributed by atoms with E-state index in [1.165, 1.54) is 11.3 Å². The SMILES string of the molecule is Cn1ccnc1-c1cnc(OC2CCN(c3ccc(CN4CCC(O)(c5ccc6c(c5)CN(C5CCC(=O)NC5=O)C6=O)CC4)cc3)CC2)nc1. The Bertz CT molecular complexity index is 1930. The highest BCUT2D eigenvalue weighted by Gasteiger charge is 2.41. The maximum Gasteiger partial charge on any atom is 0.316 e. The number of hydrogen-bond donors (Lipinski definition) is 2. The average Bonchev–Trinajstić information content (AvgIpc) is 3.72. The lowest BCUT2D eigenvalue weighted by atomic mass is 9.83. The number of piperidine rings is 3. The molecule has 3 fully saturated rings. The number of ether oxygens (including phenoxy) is 1. The second-order valence-electron chi connectivity index (χ2n) is 14.2. The number of rotatable bonds is 8. The number of aromatic nitrogens is 4. The van der Waals surface area contributed by atoms with Crippen molar-refractivity contribution in [1.29, 1.82) is 0 Å². The van der Waals surface area contributed by atoms with Gasteiger partial charge in [0.15, 0.2) is 0 Å². The topological polar surface area (TPSA) is 146 Å². The van der Waals surface area contributed by atoms with Crippen LogP contribution in [-0.2, 0) is 35.3 Å². The zero-order valence-corrected chi connectivity index (χ0v) is 28.7. The van der Waals surface area contributed by atoms with Crippen molar-refractivity contribution in [2.45, 2.75) is 69.4 Å². The van der Waals surface area contributed by atoms with Crippen LogP contribution < -0.4 is 15.0 Å². The quantitative estimate of drug-likeness (QED) is 0.265. The fourth-order valence-electron chi connectivity index (χ4n) is 7.82. The van der Waals surface area contributed by atoms with Gasteiger partial charge in [0.05, 0.1) is 11.2 Å². The summed E-state index contributed by atoms with van der Waals surface area (Å²) in [5, 5.41) is 14.0. The number of anilines is 1. The number of nitrogens with zero attached hydrogens (tertiary/aromatic N) is 7. The summed E-state index contributed by atoms with van der Waals surface area (Å²) >= 11 is 0. The van der Waals surface area contributed by atoms with E-state index < -0.39 is 17.6 Å². The van der Waals surface area contributed by atoms with E-state index in [4.69, 9.17) is 4.74 Å². The van der Waals surface area contributed by atoms with E-state index in [0.29, 0.717) is 37.4 Å². The molecule has 2 aromatic heterocycles. The summed E-state index contributed by atoms with van der Waals surface area (Å²) < 4.78 is 8.04. The first-order valence-electron chi connectivity index (χ1n) is 17.8. The largest absolute Gasteiger partial charge is 0.460 e. The first kappa shape index (κ1) is 33.0. The number of carbonyl (C=O) groups excluding carboxylic acids is 3. The standard InChI is InChI=1S/C38H42N8O5/c1-43-19-14-39-34(43)27-21-40-37(41-22-27)51-30-10-15-45(16-11-30)29-5-2-25(3-6-29)23-44-17-12-38(50,13-18-44)28-4-7-31-26(20-28)24-46(36(31)49)32-8-9-33(47)42-35(32)48/h2-7,14,19-22,30,32,50H,8-13,15-18,23-24H2,1H3,(H,42,47,48). The van der Waals surface area contributed by atoms with E-state index in [1.54, 1.807) is 29.6 Å². The predicted octanol–water partition coefficient (Wildman–Crippen LogP) is 3.17. The molecule has 0 bridgehead atoms. The van der Waals surface area contributed by atoms with E-state index in [1.807, 2.05) is 29.9 Å². The number of carbonyl (C=O) groups is 3. The molecule has 1 atom stereocenters. The zero-order valence-electron chi connectivity index (χ0n) is 28.7. The molecule has 13 nitrogen and oxygen atoms in total. The third-order valence-electron chi connectivity index (χ3n) is 10.9. The van der Waals surface area contributed by atoms with Crippen molar-refractivity contribution in [3.63, 3.8) is 0 Å². The van der Waals surface area contributed by atoms with Gasteiger partial charge < -0.3 is 24.2 Å². The molecule has 0 radical (unpaired) electrons. The monoisotopic (exact) mass is 690 g/mol. The molecule has 6 heterocycles. The van der Waals surface area contributed by atoms with Crippen molar-refractivity contribution < 1.29 is 24.2 Å². The van der Waals surface area contributed by atoms with E-state index in [9.17, 15) is 19.5 Å². The fraction of sp³-hybridized carbons (Fsp3) is 0.421. The Labute approximate surface area is 296 Å². The Morgan fingerprint density at radius 1 is 0.941 bits per heavy atom. The van der Waals surface area contributed by atoms with Gasteiger partial charge >= 0.3 is 6.01 Å². The van der Waals surface area contributed by atoms with Crippen LogP contribution in [0.2, 0.25) is 0 Å². The molecule has 0 aliphatic carbocycles. The zero-order chi connectivity index (χ0) is 35.1. The van der Waals surface area contributed by atoms with Gasteiger partial charge in [-0.25, -0.2) is 15.0 Å². The normalized spacial score (nSPS) is 21.1. The lowest BCUT2D eigenvalue weighted by molar-refractivity contribution is -0.136. The van der Waals surface area contributed by atoms with Crippen LogP contribution in [0, 0.1) is 0 Å². The number of aryl methyl sites for hydroxylation is 1. The molecule has 4 aromatic rings. The van der Waals surface area contributed by atoms with Crippen molar-refractivity contribution in [3.8, 4) is 17.4 Å². The molecule has 3 amide bonds. The molecule has 0 spiro atoms. The minimum absolute atomic E-state index is 0.0732. The Hall–Kier alpha value is -5.14. The summed E-state index contributed by atoms with van der Waals surface area (Å²) in [6.07, 6.45) is 10.7. The molecule has 51 heavy (non-hydrogen) atoms. The summed E-state index contributed by atoms with van der Waals surface area (Å²) in [7, 11) is 1.94. The Kier molecular flexibility index (Phi) is 8.76. The van der Waals surface area contributed by atoms with Gasteiger partial charge in [-0.1, -0.05) is 24.3 Å². The van der Waals surface area contributed by atoms with E-state index in [0.717, 1.165) is 68.1 Å². The maximum atomic E-state index is 13.1. The van der Waals surface area contributed by atoms with Crippen LogP contribution in [0.1, 0.15) is 65.6 Å². The highest BCUT2D eigenvalue weighted by molar-refractivity contribution is 6.05. The summed E-state index contributed by atoms with van der Waals surface area (Å²) in [4.78, 5) is 56.6. The maximum absolute atomic E-state index is 13.1. The number of amides is 3. The van der Waals surface area contributed by atoms with Crippen molar-refractivity contribution in [2.24, 2.45) is 7.05 Å². The van der Waals surface area contributed by atoms with Gasteiger partial charge in [-0.15, -0.1) is 0 Å². The number of hydrogen-bond acceptors (Lipinski definition) is 10. The highest BCUT2D eigenvalue weighted by atomic mass is 16.5. The number of nitrogens with one attached hydrogen (secondary N) is 1. The number of imidazole rings is 1. The lowest BCUT2D eigenvalue weighted by Gasteiger charge is -2.39. The molecule has 264 valence electrons. The molecule has 1 unspecified atom stereocenters. The molecule has 4 aliphatic heterocycles. The lowest BCUT2D eigenvalue weighted by Crippen LogP contribution is -2.52. The van der Waals surface area contributed by atoms with E-state index in [2.05, 4.69) is 54.3 Å². The van der Waals surface area contributed by atoms with Crippen LogP contribution in [-0.4, -0.2) is 90.5 Å². The smallest absolute Gasteiger partial charge is 0.316 e. The van der Waals surface area contributed by atoms with Crippen LogP contribution >= 0.6 is 0 Å². The summed E-state index contributed by atoms with van der Waals surface area (Å²) in [5.74, 6) is -0.107. The van der Waals surface area contributed by atoms with Crippen LogP contribution in [0.3, 0.4) is 0 Å². The third kappa shape index (κ3) is 6.71. The molecule has 2 aromatic carbocycles. The molecular formula is C38H42N8O5. The Balaban J connectivity index is 0.807. The highest BCUT2D eigenvalue weighted by Crippen LogP contribution is 2.37.